The third-order valence-corrected chi connectivity index (χ3v) is 7.47. The van der Waals surface area contributed by atoms with Gasteiger partial charge in [-0.1, -0.05) is 25.1 Å². The van der Waals surface area contributed by atoms with E-state index in [1.165, 1.54) is 4.90 Å². The SMILES string of the molecule is C[C@H](CO)N1C[C@H](C)[C@@H](CN(C)C(=O)Nc2ccccc2)Oc2ccc(NC(=O)Nc3ccc(C(F)(F)F)cc3)cc2CC1=O. The average molecular weight is 628 g/mol. The number of nitrogens with one attached hydrogen (secondary N) is 3. The summed E-state index contributed by atoms with van der Waals surface area (Å²) < 4.78 is 45.0. The summed E-state index contributed by atoms with van der Waals surface area (Å²) >= 11 is 0. The minimum Gasteiger partial charge on any atom is -0.488 e. The smallest absolute Gasteiger partial charge is 0.416 e. The molecule has 0 unspecified atom stereocenters. The van der Waals surface area contributed by atoms with Crippen LogP contribution in [0.2, 0.25) is 0 Å². The number of alkyl halides is 3. The standard InChI is InChI=1S/C32H36F3N5O5/c1-20-17-40(21(2)19-41)29(42)16-22-15-26(37-30(43)36-25-11-9-23(10-12-25)32(33,34)35)13-14-27(22)45-28(20)18-39(3)31(44)38-24-7-5-4-6-8-24/h4-15,20-21,28,41H,16-19H2,1-3H3,(H,38,44)(H2,36,37,43)/t20-,21+,28+/m0/s1. The maximum absolute atomic E-state index is 13.4. The number of hydrogen-bond acceptors (Lipinski definition) is 5. The number of likely N-dealkylation sites (N-methyl/N-ethyl adjacent to an activating group) is 1. The molecule has 0 radical (unpaired) electrons. The molecule has 0 saturated heterocycles. The molecule has 0 spiro atoms. The Hall–Kier alpha value is -4.78. The van der Waals surface area contributed by atoms with Crippen LogP contribution < -0.4 is 20.7 Å². The fraction of sp³-hybridized carbons (Fsp3) is 0.344. The molecular formula is C32H36F3N5O5. The zero-order valence-electron chi connectivity index (χ0n) is 25.1. The summed E-state index contributed by atoms with van der Waals surface area (Å²) in [6.45, 7) is 3.85. The van der Waals surface area contributed by atoms with Crippen molar-refractivity contribution in [2.75, 3.05) is 42.7 Å². The maximum atomic E-state index is 13.4. The number of benzene rings is 3. The quantitative estimate of drug-likeness (QED) is 0.269. The summed E-state index contributed by atoms with van der Waals surface area (Å²) in [6.07, 6.45) is -5.12. The number of nitrogens with zero attached hydrogens (tertiary/aromatic N) is 2. The van der Waals surface area contributed by atoms with Crippen LogP contribution in [-0.2, 0) is 17.4 Å². The molecule has 45 heavy (non-hydrogen) atoms. The van der Waals surface area contributed by atoms with Gasteiger partial charge in [0.15, 0.2) is 0 Å². The van der Waals surface area contributed by atoms with E-state index in [1.807, 2.05) is 25.1 Å². The van der Waals surface area contributed by atoms with E-state index in [0.717, 1.165) is 24.3 Å². The van der Waals surface area contributed by atoms with E-state index in [2.05, 4.69) is 16.0 Å². The lowest BCUT2D eigenvalue weighted by Gasteiger charge is -2.34. The first-order valence-electron chi connectivity index (χ1n) is 14.4. The summed E-state index contributed by atoms with van der Waals surface area (Å²) in [5.74, 6) is -0.104. The Morgan fingerprint density at radius 3 is 2.27 bits per heavy atom. The highest BCUT2D eigenvalue weighted by Crippen LogP contribution is 2.31. The number of urea groups is 2. The van der Waals surface area contributed by atoms with Crippen molar-refractivity contribution in [3.05, 3.63) is 83.9 Å². The van der Waals surface area contributed by atoms with Gasteiger partial charge in [0.2, 0.25) is 5.91 Å². The van der Waals surface area contributed by atoms with E-state index in [1.54, 1.807) is 49.2 Å². The van der Waals surface area contributed by atoms with Crippen LogP contribution in [-0.4, -0.2) is 71.8 Å². The number of carbonyl (C=O) groups is 3. The molecule has 1 aliphatic rings. The summed E-state index contributed by atoms with van der Waals surface area (Å²) in [6, 6.07) is 16.3. The van der Waals surface area contributed by atoms with Crippen LogP contribution in [0.25, 0.3) is 0 Å². The Bertz CT molecular complexity index is 1490. The highest BCUT2D eigenvalue weighted by Gasteiger charge is 2.32. The number of hydrogen-bond donors (Lipinski definition) is 4. The average Bonchev–Trinajstić information content (AvgIpc) is 3.04. The number of carbonyl (C=O) groups excluding carboxylic acids is 3. The van der Waals surface area contributed by atoms with E-state index in [-0.39, 0.29) is 49.7 Å². The lowest BCUT2D eigenvalue weighted by molar-refractivity contribution is -0.137. The Balaban J connectivity index is 1.53. The van der Waals surface area contributed by atoms with Gasteiger partial charge in [0, 0.05) is 42.1 Å². The number of amides is 5. The summed E-state index contributed by atoms with van der Waals surface area (Å²) in [4.78, 5) is 42.1. The molecule has 1 aliphatic heterocycles. The second-order valence-corrected chi connectivity index (χ2v) is 11.0. The Labute approximate surface area is 259 Å². The van der Waals surface area contributed by atoms with Crippen molar-refractivity contribution in [2.24, 2.45) is 5.92 Å². The molecule has 3 atom stereocenters. The predicted octanol–water partition coefficient (Wildman–Crippen LogP) is 5.66. The van der Waals surface area contributed by atoms with Crippen LogP contribution in [0.15, 0.2) is 72.8 Å². The molecule has 1 heterocycles. The fourth-order valence-corrected chi connectivity index (χ4v) is 4.85. The van der Waals surface area contributed by atoms with Crippen LogP contribution in [0.1, 0.15) is 25.0 Å². The van der Waals surface area contributed by atoms with Gasteiger partial charge in [-0.3, -0.25) is 4.79 Å². The number of halogens is 3. The molecule has 13 heteroatoms. The number of ether oxygens (including phenoxy) is 1. The molecule has 4 N–H and O–H groups in total. The maximum Gasteiger partial charge on any atom is 0.416 e. The minimum atomic E-state index is -4.49. The molecule has 5 amide bonds. The molecule has 3 aromatic rings. The second kappa shape index (κ2) is 14.3. The monoisotopic (exact) mass is 627 g/mol. The van der Waals surface area contributed by atoms with Crippen LogP contribution >= 0.6 is 0 Å². The molecular weight excluding hydrogens is 591 g/mol. The number of fused-ring (bicyclic) bond motifs is 1. The Morgan fingerprint density at radius 2 is 1.62 bits per heavy atom. The van der Waals surface area contributed by atoms with Crippen molar-refractivity contribution in [2.45, 2.75) is 38.6 Å². The molecule has 3 aromatic carbocycles. The van der Waals surface area contributed by atoms with E-state index in [0.29, 0.717) is 22.7 Å². The van der Waals surface area contributed by atoms with E-state index in [9.17, 15) is 32.7 Å². The van der Waals surface area contributed by atoms with Crippen LogP contribution in [0.5, 0.6) is 5.75 Å². The van der Waals surface area contributed by atoms with Gasteiger partial charge in [0.1, 0.15) is 11.9 Å². The van der Waals surface area contributed by atoms with Crippen molar-refractivity contribution in [1.29, 1.82) is 0 Å². The molecule has 4 rings (SSSR count). The van der Waals surface area contributed by atoms with Gasteiger partial charge in [-0.25, -0.2) is 9.59 Å². The van der Waals surface area contributed by atoms with Gasteiger partial charge < -0.3 is 35.6 Å². The minimum absolute atomic E-state index is 0.0838. The molecule has 0 fully saturated rings. The van der Waals surface area contributed by atoms with Crippen molar-refractivity contribution in [1.82, 2.24) is 9.80 Å². The van der Waals surface area contributed by atoms with Crippen LogP contribution in [0.4, 0.5) is 39.8 Å². The van der Waals surface area contributed by atoms with Gasteiger partial charge in [-0.15, -0.1) is 0 Å². The van der Waals surface area contributed by atoms with Gasteiger partial charge in [0.05, 0.1) is 31.2 Å². The Kier molecular flexibility index (Phi) is 10.6. The normalized spacial score (nSPS) is 17.5. The third kappa shape index (κ3) is 8.88. The number of aliphatic hydroxyl groups is 1. The van der Waals surface area contributed by atoms with Crippen molar-refractivity contribution in [3.8, 4) is 5.75 Å². The molecule has 240 valence electrons. The van der Waals surface area contributed by atoms with E-state index < -0.39 is 29.9 Å². The first-order valence-corrected chi connectivity index (χ1v) is 14.4. The first kappa shape index (κ1) is 33.1. The number of anilines is 3. The molecule has 10 nitrogen and oxygen atoms in total. The van der Waals surface area contributed by atoms with E-state index in [4.69, 9.17) is 4.74 Å². The van der Waals surface area contributed by atoms with Gasteiger partial charge in [-0.2, -0.15) is 13.2 Å². The van der Waals surface area contributed by atoms with Crippen LogP contribution in [0, 0.1) is 5.92 Å². The second-order valence-electron chi connectivity index (χ2n) is 11.0. The molecule has 0 aliphatic carbocycles. The van der Waals surface area contributed by atoms with E-state index >= 15 is 0 Å². The Morgan fingerprint density at radius 1 is 1.00 bits per heavy atom. The van der Waals surface area contributed by atoms with Gasteiger partial charge in [-0.05, 0) is 61.5 Å². The fourth-order valence-electron chi connectivity index (χ4n) is 4.85. The molecule has 0 aromatic heterocycles. The largest absolute Gasteiger partial charge is 0.488 e. The summed E-state index contributed by atoms with van der Waals surface area (Å²) in [5.41, 5.74) is 0.750. The number of aliphatic hydroxyl groups excluding tert-OH is 1. The van der Waals surface area contributed by atoms with Crippen molar-refractivity contribution < 1.29 is 37.4 Å². The van der Waals surface area contributed by atoms with Gasteiger partial charge in [0.25, 0.3) is 0 Å². The highest BCUT2D eigenvalue weighted by atomic mass is 19.4. The topological polar surface area (TPSA) is 123 Å². The highest BCUT2D eigenvalue weighted by molar-refractivity contribution is 6.00. The van der Waals surface area contributed by atoms with Crippen molar-refractivity contribution >= 4 is 35.0 Å². The van der Waals surface area contributed by atoms with Gasteiger partial charge >= 0.3 is 18.2 Å². The zero-order chi connectivity index (χ0) is 32.7. The molecule has 0 saturated carbocycles. The summed E-state index contributed by atoms with van der Waals surface area (Å²) in [5, 5.41) is 17.8. The molecule has 0 bridgehead atoms. The number of rotatable bonds is 7. The lowest BCUT2D eigenvalue weighted by atomic mass is 10.0. The zero-order valence-corrected chi connectivity index (χ0v) is 25.1. The predicted molar refractivity (Wildman–Crippen MR) is 164 cm³/mol. The number of para-hydroxylation sites is 1. The third-order valence-electron chi connectivity index (χ3n) is 7.47. The van der Waals surface area contributed by atoms with Crippen molar-refractivity contribution in [3.63, 3.8) is 0 Å². The van der Waals surface area contributed by atoms with Crippen LogP contribution in [0.3, 0.4) is 0 Å². The lowest BCUT2D eigenvalue weighted by Crippen LogP contribution is -2.48. The summed E-state index contributed by atoms with van der Waals surface area (Å²) in [7, 11) is 1.64. The first-order chi connectivity index (χ1) is 21.3.